The quantitative estimate of drug-likeness (QED) is 0.436. The summed E-state index contributed by atoms with van der Waals surface area (Å²) in [6.45, 7) is 1.86. The molecule has 0 rings (SSSR count). The van der Waals surface area contributed by atoms with Crippen molar-refractivity contribution in [2.24, 2.45) is 0 Å². The van der Waals surface area contributed by atoms with Gasteiger partial charge in [-0.05, 0) is 21.0 Å². The maximum atomic E-state index is 10.8. The lowest BCUT2D eigenvalue weighted by molar-refractivity contribution is -0.197. The van der Waals surface area contributed by atoms with E-state index in [4.69, 9.17) is 0 Å². The van der Waals surface area contributed by atoms with Gasteiger partial charge in [-0.25, -0.2) is 4.89 Å². The van der Waals surface area contributed by atoms with E-state index in [-0.39, 0.29) is 12.5 Å². The molecule has 0 aliphatic carbocycles. The van der Waals surface area contributed by atoms with E-state index < -0.39 is 10.1 Å². The average Bonchev–Trinajstić information content (AvgIpc) is 1.81. The highest BCUT2D eigenvalue weighted by Crippen LogP contribution is 1.94. The molecule has 0 bridgehead atoms. The second-order valence-corrected chi connectivity index (χ2v) is 3.75. The Morgan fingerprint density at radius 1 is 1.36 bits per heavy atom. The van der Waals surface area contributed by atoms with Gasteiger partial charge in [-0.3, -0.25) is 4.90 Å². The molecule has 0 radical (unpaired) electrons. The van der Waals surface area contributed by atoms with Crippen LogP contribution in [0, 0.1) is 0 Å². The van der Waals surface area contributed by atoms with Crippen LogP contribution in [0.1, 0.15) is 6.92 Å². The Balaban J connectivity index is 3.82. The van der Waals surface area contributed by atoms with Gasteiger partial charge in [0.1, 0.15) is 5.88 Å². The summed E-state index contributed by atoms with van der Waals surface area (Å²) in [7, 11) is -0.276. The second kappa shape index (κ2) is 4.66. The monoisotopic (exact) mass is 183 g/mol. The fraction of sp³-hybridized carbons (Fsp3) is 1.00. The summed E-state index contributed by atoms with van der Waals surface area (Å²) < 4.78 is 25.7. The molecule has 0 fully saturated rings. The van der Waals surface area contributed by atoms with E-state index in [9.17, 15) is 8.42 Å². The van der Waals surface area contributed by atoms with Gasteiger partial charge < -0.3 is 0 Å². The summed E-state index contributed by atoms with van der Waals surface area (Å²) in [6.07, 6.45) is 0. The molecule has 0 heterocycles. The van der Waals surface area contributed by atoms with Gasteiger partial charge in [-0.1, -0.05) is 0 Å². The zero-order valence-corrected chi connectivity index (χ0v) is 7.72. The van der Waals surface area contributed by atoms with E-state index in [0.29, 0.717) is 0 Å². The first-order valence-electron chi connectivity index (χ1n) is 3.16. The zero-order chi connectivity index (χ0) is 8.91. The smallest absolute Gasteiger partial charge is 0.294 e. The largest absolute Gasteiger partial charge is 0.306 e. The third-order valence-electron chi connectivity index (χ3n) is 0.686. The summed E-state index contributed by atoms with van der Waals surface area (Å²) in [5.41, 5.74) is 0. The maximum absolute atomic E-state index is 10.8. The predicted octanol–water partition coefficient (Wildman–Crippen LogP) is -0.197. The van der Waals surface area contributed by atoms with Crippen LogP contribution in [0.5, 0.6) is 0 Å². The Bertz CT molecular complexity index is 187. The molecule has 0 spiro atoms. The summed E-state index contributed by atoms with van der Waals surface area (Å²) in [5.74, 6) is -0.174. The van der Waals surface area contributed by atoms with Gasteiger partial charge in [0.25, 0.3) is 0 Å². The van der Waals surface area contributed by atoms with Crippen molar-refractivity contribution in [1.82, 2.24) is 4.90 Å². The van der Waals surface area contributed by atoms with Crippen LogP contribution >= 0.6 is 0 Å². The van der Waals surface area contributed by atoms with E-state index in [1.807, 2.05) is 0 Å². The molecular formula is C5H13NO4S. The Morgan fingerprint density at radius 3 is 2.27 bits per heavy atom. The molecule has 0 N–H and O–H groups in total. The Kier molecular flexibility index (Phi) is 4.58. The van der Waals surface area contributed by atoms with Crippen molar-refractivity contribution in [3.63, 3.8) is 0 Å². The van der Waals surface area contributed by atoms with Crippen LogP contribution in [0.2, 0.25) is 0 Å². The highest BCUT2D eigenvalue weighted by molar-refractivity contribution is 7.86. The zero-order valence-electron chi connectivity index (χ0n) is 6.90. The van der Waals surface area contributed by atoms with Gasteiger partial charge >= 0.3 is 10.1 Å². The molecule has 0 aromatic rings. The van der Waals surface area contributed by atoms with Crippen LogP contribution in [0.4, 0.5) is 0 Å². The van der Waals surface area contributed by atoms with Crippen molar-refractivity contribution in [2.45, 2.75) is 6.92 Å². The Labute approximate surface area is 66.9 Å². The summed E-state index contributed by atoms with van der Waals surface area (Å²) >= 11 is 0. The van der Waals surface area contributed by atoms with Crippen molar-refractivity contribution in [2.75, 3.05) is 26.6 Å². The third kappa shape index (κ3) is 6.24. The van der Waals surface area contributed by atoms with E-state index in [1.165, 1.54) is 4.90 Å². The van der Waals surface area contributed by atoms with Gasteiger partial charge in [0.15, 0.2) is 0 Å². The third-order valence-corrected chi connectivity index (χ3v) is 1.82. The number of hydrogen-bond acceptors (Lipinski definition) is 5. The number of nitrogens with zero attached hydrogens (tertiary/aromatic N) is 1. The molecule has 5 nitrogen and oxygen atoms in total. The normalized spacial score (nSPS) is 12.4. The van der Waals surface area contributed by atoms with Gasteiger partial charge in [0.2, 0.25) is 0 Å². The lowest BCUT2D eigenvalue weighted by Gasteiger charge is -2.08. The number of rotatable bonds is 5. The summed E-state index contributed by atoms with van der Waals surface area (Å²) in [5, 5.41) is 0. The highest BCUT2D eigenvalue weighted by Gasteiger charge is 2.12. The first-order valence-corrected chi connectivity index (χ1v) is 4.74. The van der Waals surface area contributed by atoms with E-state index in [0.717, 1.165) is 0 Å². The SMILES string of the molecule is CCOOS(=O)(=O)CN(C)C. The molecule has 0 saturated heterocycles. The second-order valence-electron chi connectivity index (χ2n) is 2.24. The van der Waals surface area contributed by atoms with Crippen LogP contribution < -0.4 is 0 Å². The predicted molar refractivity (Wildman–Crippen MR) is 40.2 cm³/mol. The van der Waals surface area contributed by atoms with Crippen LogP contribution in [-0.2, 0) is 19.3 Å². The van der Waals surface area contributed by atoms with Gasteiger partial charge in [0.05, 0.1) is 6.61 Å². The molecule has 0 aromatic carbocycles. The first kappa shape index (κ1) is 10.8. The Morgan fingerprint density at radius 2 is 1.91 bits per heavy atom. The highest BCUT2D eigenvalue weighted by atomic mass is 32.2. The molecule has 68 valence electrons. The minimum absolute atomic E-state index is 0.174. The van der Waals surface area contributed by atoms with E-state index in [2.05, 4.69) is 9.22 Å². The fourth-order valence-electron chi connectivity index (χ4n) is 0.459. The lowest BCUT2D eigenvalue weighted by atomic mass is 10.9. The van der Waals surface area contributed by atoms with Crippen LogP contribution in [0.15, 0.2) is 0 Å². The Hall–Kier alpha value is -0.170. The van der Waals surface area contributed by atoms with E-state index in [1.54, 1.807) is 21.0 Å². The lowest BCUT2D eigenvalue weighted by Crippen LogP contribution is -2.23. The molecule has 6 heteroatoms. The molecule has 0 amide bonds. The molecule has 11 heavy (non-hydrogen) atoms. The van der Waals surface area contributed by atoms with Crippen LogP contribution in [-0.4, -0.2) is 39.9 Å². The van der Waals surface area contributed by atoms with Crippen molar-refractivity contribution in [3.8, 4) is 0 Å². The van der Waals surface area contributed by atoms with Gasteiger partial charge in [-0.15, -0.1) is 4.33 Å². The molecule has 0 aliphatic heterocycles. The van der Waals surface area contributed by atoms with Crippen molar-refractivity contribution in [1.29, 1.82) is 0 Å². The standard InChI is InChI=1S/C5H13NO4S/c1-4-9-10-11(7,8)5-6(2)3/h4-5H2,1-3H3. The van der Waals surface area contributed by atoms with Crippen molar-refractivity contribution < 1.29 is 17.6 Å². The van der Waals surface area contributed by atoms with E-state index >= 15 is 0 Å². The van der Waals surface area contributed by atoms with Crippen LogP contribution in [0.25, 0.3) is 0 Å². The van der Waals surface area contributed by atoms with Gasteiger partial charge in [0, 0.05) is 0 Å². The number of hydrogen-bond donors (Lipinski definition) is 0. The molecule has 0 aromatic heterocycles. The van der Waals surface area contributed by atoms with Crippen molar-refractivity contribution in [3.05, 3.63) is 0 Å². The molecule has 0 saturated carbocycles. The molecular weight excluding hydrogens is 170 g/mol. The fourth-order valence-corrected chi connectivity index (χ4v) is 1.38. The minimum atomic E-state index is -3.54. The molecule has 0 unspecified atom stereocenters. The maximum Gasteiger partial charge on any atom is 0.306 e. The van der Waals surface area contributed by atoms with Gasteiger partial charge in [-0.2, -0.15) is 8.42 Å². The summed E-state index contributed by atoms with van der Waals surface area (Å²) in [4.78, 5) is 5.77. The molecule has 0 atom stereocenters. The van der Waals surface area contributed by atoms with Crippen LogP contribution in [0.3, 0.4) is 0 Å². The minimum Gasteiger partial charge on any atom is -0.294 e. The van der Waals surface area contributed by atoms with Crippen molar-refractivity contribution >= 4 is 10.1 Å². The topological polar surface area (TPSA) is 55.8 Å². The average molecular weight is 183 g/mol. The summed E-state index contributed by atoms with van der Waals surface area (Å²) in [6, 6.07) is 0. The first-order chi connectivity index (χ1) is 4.98. The molecule has 0 aliphatic rings.